The highest BCUT2D eigenvalue weighted by Gasteiger charge is 2.37. The van der Waals surface area contributed by atoms with Crippen LogP contribution < -0.4 is 0 Å². The van der Waals surface area contributed by atoms with Crippen molar-refractivity contribution in [1.29, 1.82) is 0 Å². The van der Waals surface area contributed by atoms with Gasteiger partial charge in [-0.05, 0) is 12.8 Å². The van der Waals surface area contributed by atoms with E-state index in [0.717, 1.165) is 11.8 Å². The van der Waals surface area contributed by atoms with Crippen LogP contribution in [0.2, 0.25) is 0 Å². The predicted octanol–water partition coefficient (Wildman–Crippen LogP) is 2.91. The maximum atomic E-state index is 2.38. The van der Waals surface area contributed by atoms with E-state index in [1.807, 2.05) is 0 Å². The van der Waals surface area contributed by atoms with E-state index in [9.17, 15) is 0 Å². The molecule has 0 N–H and O–H groups in total. The van der Waals surface area contributed by atoms with E-state index in [0.29, 0.717) is 0 Å². The Labute approximate surface area is 83.7 Å². The summed E-state index contributed by atoms with van der Waals surface area (Å²) in [6, 6.07) is 0. The van der Waals surface area contributed by atoms with E-state index in [1.54, 1.807) is 0 Å². The number of likely N-dealkylation sites (tertiary alicyclic amines) is 1. The molecule has 13 heavy (non-hydrogen) atoms. The van der Waals surface area contributed by atoms with Crippen molar-refractivity contribution in [3.63, 3.8) is 0 Å². The van der Waals surface area contributed by atoms with Crippen molar-refractivity contribution in [2.24, 2.45) is 11.8 Å². The Morgan fingerprint density at radius 1 is 1.08 bits per heavy atom. The molecule has 1 heteroatoms. The molecule has 0 aromatic rings. The lowest BCUT2D eigenvalue weighted by atomic mass is 9.89. The van der Waals surface area contributed by atoms with Gasteiger partial charge in [0, 0.05) is 11.8 Å². The van der Waals surface area contributed by atoms with Gasteiger partial charge in [-0.2, -0.15) is 0 Å². The second-order valence-corrected chi connectivity index (χ2v) is 5.37. The second-order valence-electron chi connectivity index (χ2n) is 5.37. The largest absolute Gasteiger partial charge is 0.328 e. The third-order valence-electron chi connectivity index (χ3n) is 3.58. The van der Waals surface area contributed by atoms with Crippen LogP contribution in [0.1, 0.15) is 39.5 Å². The molecule has 0 aromatic carbocycles. The maximum absolute atomic E-state index is 2.38. The van der Waals surface area contributed by atoms with Gasteiger partial charge in [-0.3, -0.25) is 0 Å². The molecule has 1 heterocycles. The fraction of sp³-hybridized carbons (Fsp3) is 1.00. The number of rotatable bonds is 4. The van der Waals surface area contributed by atoms with Gasteiger partial charge in [-0.15, -0.1) is 0 Å². The summed E-state index contributed by atoms with van der Waals surface area (Å²) in [7, 11) is 4.77. The van der Waals surface area contributed by atoms with Crippen molar-refractivity contribution < 1.29 is 4.48 Å². The van der Waals surface area contributed by atoms with Crippen molar-refractivity contribution in [3.8, 4) is 0 Å². The summed E-state index contributed by atoms with van der Waals surface area (Å²) >= 11 is 0. The van der Waals surface area contributed by atoms with Crippen LogP contribution in [-0.2, 0) is 0 Å². The number of hydrogen-bond donors (Lipinski definition) is 0. The summed E-state index contributed by atoms with van der Waals surface area (Å²) in [6.07, 6.45) is 5.65. The van der Waals surface area contributed by atoms with Crippen molar-refractivity contribution in [1.82, 2.24) is 0 Å². The van der Waals surface area contributed by atoms with Crippen molar-refractivity contribution >= 4 is 0 Å². The highest BCUT2D eigenvalue weighted by atomic mass is 15.3. The first kappa shape index (κ1) is 11.0. The molecule has 1 aliphatic rings. The van der Waals surface area contributed by atoms with Gasteiger partial charge in [-0.1, -0.05) is 26.7 Å². The van der Waals surface area contributed by atoms with Gasteiger partial charge in [0.15, 0.2) is 0 Å². The highest BCUT2D eigenvalue weighted by Crippen LogP contribution is 2.32. The Morgan fingerprint density at radius 3 is 2.23 bits per heavy atom. The van der Waals surface area contributed by atoms with Crippen LogP contribution in [0.3, 0.4) is 0 Å². The third-order valence-corrected chi connectivity index (χ3v) is 3.58. The fourth-order valence-electron chi connectivity index (χ4n) is 2.90. The number of unbranched alkanes of at least 4 members (excludes halogenated alkanes) is 1. The molecule has 0 amide bonds. The van der Waals surface area contributed by atoms with E-state index in [4.69, 9.17) is 0 Å². The zero-order valence-corrected chi connectivity index (χ0v) is 9.84. The minimum absolute atomic E-state index is 1.00. The van der Waals surface area contributed by atoms with Crippen LogP contribution >= 0.6 is 0 Å². The van der Waals surface area contributed by atoms with Gasteiger partial charge in [0.25, 0.3) is 0 Å². The Kier molecular flexibility index (Phi) is 3.78. The lowest BCUT2D eigenvalue weighted by Gasteiger charge is -2.23. The molecule has 0 saturated carbocycles. The Hall–Kier alpha value is -0.0400. The number of hydrogen-bond acceptors (Lipinski definition) is 0. The molecule has 78 valence electrons. The minimum Gasteiger partial charge on any atom is -0.328 e. The summed E-state index contributed by atoms with van der Waals surface area (Å²) in [5.74, 6) is 2.02. The smallest absolute Gasteiger partial charge is 0.0816 e. The average molecular weight is 184 g/mol. The average Bonchev–Trinajstić information content (AvgIpc) is 2.37. The van der Waals surface area contributed by atoms with Crippen molar-refractivity contribution in [3.05, 3.63) is 0 Å². The lowest BCUT2D eigenvalue weighted by molar-refractivity contribution is -0.880. The van der Waals surface area contributed by atoms with Crippen LogP contribution in [0, 0.1) is 11.8 Å². The summed E-state index contributed by atoms with van der Waals surface area (Å²) in [5.41, 5.74) is 0. The standard InChI is InChI=1S/C12H26N/c1-5-7-8-12-10-13(3,4)9-11(12)6-2/h11-12H,5-10H2,1-4H3/q+1. The van der Waals surface area contributed by atoms with Crippen LogP contribution in [0.25, 0.3) is 0 Å². The third kappa shape index (κ3) is 2.98. The molecule has 0 radical (unpaired) electrons. The first-order chi connectivity index (χ1) is 6.09. The van der Waals surface area contributed by atoms with E-state index in [-0.39, 0.29) is 0 Å². The molecule has 1 saturated heterocycles. The molecule has 1 fully saturated rings. The van der Waals surface area contributed by atoms with Crippen molar-refractivity contribution in [2.75, 3.05) is 27.2 Å². The quantitative estimate of drug-likeness (QED) is 0.589. The van der Waals surface area contributed by atoms with Crippen LogP contribution in [-0.4, -0.2) is 31.7 Å². The van der Waals surface area contributed by atoms with Crippen LogP contribution in [0.5, 0.6) is 0 Å². The predicted molar refractivity (Wildman–Crippen MR) is 58.6 cm³/mol. The molecule has 1 rings (SSSR count). The molecule has 0 bridgehead atoms. The summed E-state index contributed by atoms with van der Waals surface area (Å²) in [4.78, 5) is 0. The van der Waals surface area contributed by atoms with E-state index < -0.39 is 0 Å². The SMILES string of the molecule is CCCCC1C[N+](C)(C)CC1CC. The van der Waals surface area contributed by atoms with Gasteiger partial charge in [0.1, 0.15) is 0 Å². The summed E-state index contributed by atoms with van der Waals surface area (Å²) < 4.78 is 1.26. The van der Waals surface area contributed by atoms with Crippen LogP contribution in [0.15, 0.2) is 0 Å². The molecule has 0 spiro atoms. The first-order valence-corrected chi connectivity index (χ1v) is 5.91. The Morgan fingerprint density at radius 2 is 1.69 bits per heavy atom. The molecule has 0 aliphatic carbocycles. The van der Waals surface area contributed by atoms with Gasteiger partial charge in [0.05, 0.1) is 27.2 Å². The minimum atomic E-state index is 1.00. The zero-order valence-electron chi connectivity index (χ0n) is 9.84. The molecule has 0 aromatic heterocycles. The number of quaternary nitrogens is 1. The summed E-state index contributed by atoms with van der Waals surface area (Å²) in [6.45, 7) is 7.48. The lowest BCUT2D eigenvalue weighted by Crippen LogP contribution is -2.36. The second kappa shape index (κ2) is 4.45. The molecular weight excluding hydrogens is 158 g/mol. The number of nitrogens with zero attached hydrogens (tertiary/aromatic N) is 1. The van der Waals surface area contributed by atoms with E-state index in [2.05, 4.69) is 27.9 Å². The van der Waals surface area contributed by atoms with Gasteiger partial charge >= 0.3 is 0 Å². The topological polar surface area (TPSA) is 0 Å². The summed E-state index contributed by atoms with van der Waals surface area (Å²) in [5, 5.41) is 0. The molecule has 1 aliphatic heterocycles. The zero-order chi connectivity index (χ0) is 9.90. The van der Waals surface area contributed by atoms with Gasteiger partial charge in [0.2, 0.25) is 0 Å². The molecule has 2 unspecified atom stereocenters. The monoisotopic (exact) mass is 184 g/mol. The van der Waals surface area contributed by atoms with E-state index in [1.165, 1.54) is 43.3 Å². The fourth-order valence-corrected chi connectivity index (χ4v) is 2.90. The highest BCUT2D eigenvalue weighted by molar-refractivity contribution is 4.74. The Balaban J connectivity index is 2.43. The molecule has 1 nitrogen and oxygen atoms in total. The first-order valence-electron chi connectivity index (χ1n) is 5.91. The van der Waals surface area contributed by atoms with Crippen LogP contribution in [0.4, 0.5) is 0 Å². The van der Waals surface area contributed by atoms with Gasteiger partial charge in [-0.25, -0.2) is 0 Å². The van der Waals surface area contributed by atoms with Crippen molar-refractivity contribution in [2.45, 2.75) is 39.5 Å². The van der Waals surface area contributed by atoms with Gasteiger partial charge < -0.3 is 4.48 Å². The normalized spacial score (nSPS) is 32.3. The Bertz CT molecular complexity index is 151. The maximum Gasteiger partial charge on any atom is 0.0816 e. The van der Waals surface area contributed by atoms with E-state index >= 15 is 0 Å². The molecular formula is C12H26N+. The molecule has 2 atom stereocenters.